The van der Waals surface area contributed by atoms with Gasteiger partial charge in [-0.3, -0.25) is 4.79 Å². The Balaban J connectivity index is 1.71. The minimum atomic E-state index is -0.133. The second-order valence-electron chi connectivity index (χ2n) is 5.81. The minimum absolute atomic E-state index is 0.121. The molecule has 0 spiro atoms. The van der Waals surface area contributed by atoms with Gasteiger partial charge in [0.2, 0.25) is 0 Å². The minimum Gasteiger partial charge on any atom is -0.496 e. The lowest BCUT2D eigenvalue weighted by molar-refractivity contribution is 0.0939. The smallest absolute Gasteiger partial charge is 0.251 e. The van der Waals surface area contributed by atoms with Crippen LogP contribution in [0.1, 0.15) is 34.5 Å². The lowest BCUT2D eigenvalue weighted by Gasteiger charge is -2.15. The number of hydrogen-bond acceptors (Lipinski definition) is 4. The number of ether oxygens (including phenoxy) is 1. The van der Waals surface area contributed by atoms with E-state index in [0.29, 0.717) is 11.3 Å². The van der Waals surface area contributed by atoms with Crippen molar-refractivity contribution in [1.29, 1.82) is 0 Å². The summed E-state index contributed by atoms with van der Waals surface area (Å²) >= 11 is 0. The lowest BCUT2D eigenvalue weighted by Crippen LogP contribution is -2.26. The van der Waals surface area contributed by atoms with E-state index in [1.807, 2.05) is 44.2 Å². The first-order valence-electron chi connectivity index (χ1n) is 7.99. The zero-order valence-corrected chi connectivity index (χ0v) is 14.4. The molecule has 2 aromatic carbocycles. The summed E-state index contributed by atoms with van der Waals surface area (Å²) in [6.07, 6.45) is 3.14. The summed E-state index contributed by atoms with van der Waals surface area (Å²) in [4.78, 5) is 16.4. The van der Waals surface area contributed by atoms with Crippen molar-refractivity contribution < 1.29 is 9.53 Å². The normalized spacial score (nSPS) is 11.8. The largest absolute Gasteiger partial charge is 0.496 e. The number of amides is 1. The molecule has 6 heteroatoms. The highest BCUT2D eigenvalue weighted by atomic mass is 16.5. The average molecular weight is 336 g/mol. The molecule has 0 aliphatic rings. The Morgan fingerprint density at radius 3 is 2.60 bits per heavy atom. The highest BCUT2D eigenvalue weighted by Gasteiger charge is 2.13. The van der Waals surface area contributed by atoms with Crippen LogP contribution in [0.15, 0.2) is 55.1 Å². The van der Waals surface area contributed by atoms with Gasteiger partial charge in [-0.1, -0.05) is 18.2 Å². The Morgan fingerprint density at radius 1 is 1.20 bits per heavy atom. The number of methoxy groups -OCH3 is 1. The number of carbonyl (C=O) groups is 1. The Morgan fingerprint density at radius 2 is 1.96 bits per heavy atom. The fraction of sp³-hybridized carbons (Fsp3) is 0.211. The van der Waals surface area contributed by atoms with Crippen molar-refractivity contribution in [2.24, 2.45) is 0 Å². The summed E-state index contributed by atoms with van der Waals surface area (Å²) in [6.45, 7) is 3.90. The summed E-state index contributed by atoms with van der Waals surface area (Å²) in [7, 11) is 1.60. The fourth-order valence-corrected chi connectivity index (χ4v) is 2.58. The van der Waals surface area contributed by atoms with Gasteiger partial charge in [0.1, 0.15) is 18.4 Å². The van der Waals surface area contributed by atoms with E-state index in [2.05, 4.69) is 15.4 Å². The number of aromatic nitrogens is 3. The van der Waals surface area contributed by atoms with Gasteiger partial charge in [-0.05, 0) is 49.2 Å². The molecule has 1 amide bonds. The molecule has 1 N–H and O–H groups in total. The van der Waals surface area contributed by atoms with E-state index in [-0.39, 0.29) is 11.9 Å². The molecule has 0 aliphatic carbocycles. The van der Waals surface area contributed by atoms with Gasteiger partial charge >= 0.3 is 0 Å². The number of hydrogen-bond donors (Lipinski definition) is 1. The monoisotopic (exact) mass is 336 g/mol. The number of benzene rings is 2. The number of nitrogens with one attached hydrogen (secondary N) is 1. The number of nitrogens with zero attached hydrogens (tertiary/aromatic N) is 3. The molecule has 128 valence electrons. The van der Waals surface area contributed by atoms with Crippen molar-refractivity contribution in [3.63, 3.8) is 0 Å². The molecule has 1 atom stereocenters. The van der Waals surface area contributed by atoms with Crippen LogP contribution in [-0.2, 0) is 0 Å². The Kier molecular flexibility index (Phi) is 4.79. The van der Waals surface area contributed by atoms with Crippen LogP contribution < -0.4 is 10.1 Å². The van der Waals surface area contributed by atoms with Gasteiger partial charge in [-0.2, -0.15) is 5.10 Å². The van der Waals surface area contributed by atoms with Crippen LogP contribution in [0.25, 0.3) is 5.69 Å². The van der Waals surface area contributed by atoms with Crippen LogP contribution in [0.5, 0.6) is 5.75 Å². The maximum absolute atomic E-state index is 12.5. The van der Waals surface area contributed by atoms with Gasteiger partial charge in [0.25, 0.3) is 5.91 Å². The van der Waals surface area contributed by atoms with Crippen LogP contribution in [0.4, 0.5) is 0 Å². The molecule has 1 aromatic heterocycles. The molecular formula is C19H20N4O2. The summed E-state index contributed by atoms with van der Waals surface area (Å²) < 4.78 is 6.97. The van der Waals surface area contributed by atoms with Crippen LogP contribution in [0.2, 0.25) is 0 Å². The SMILES string of the molecule is COc1cc(C(=O)N[C@@H](C)c2ccc(-n3cncn3)cc2)ccc1C. The molecule has 0 saturated carbocycles. The molecule has 3 aromatic rings. The van der Waals surface area contributed by atoms with Crippen molar-refractivity contribution in [1.82, 2.24) is 20.1 Å². The summed E-state index contributed by atoms with van der Waals surface area (Å²) in [5.74, 6) is 0.573. The second kappa shape index (κ2) is 7.17. The highest BCUT2D eigenvalue weighted by molar-refractivity contribution is 5.95. The van der Waals surface area contributed by atoms with E-state index < -0.39 is 0 Å². The zero-order valence-electron chi connectivity index (χ0n) is 14.4. The van der Waals surface area contributed by atoms with Gasteiger partial charge in [-0.25, -0.2) is 9.67 Å². The lowest BCUT2D eigenvalue weighted by atomic mass is 10.1. The summed E-state index contributed by atoms with van der Waals surface area (Å²) in [5.41, 5.74) is 3.50. The number of rotatable bonds is 5. The van der Waals surface area contributed by atoms with E-state index in [4.69, 9.17) is 4.74 Å². The van der Waals surface area contributed by atoms with Crippen LogP contribution >= 0.6 is 0 Å². The third kappa shape index (κ3) is 3.68. The van der Waals surface area contributed by atoms with E-state index >= 15 is 0 Å². The first-order chi connectivity index (χ1) is 12.1. The predicted octanol–water partition coefficient (Wildman–Crippen LogP) is 3.08. The third-order valence-corrected chi connectivity index (χ3v) is 4.09. The van der Waals surface area contributed by atoms with Crippen molar-refractivity contribution in [2.45, 2.75) is 19.9 Å². The number of carbonyl (C=O) groups excluding carboxylic acids is 1. The van der Waals surface area contributed by atoms with E-state index in [9.17, 15) is 4.79 Å². The van der Waals surface area contributed by atoms with Crippen LogP contribution in [-0.4, -0.2) is 27.8 Å². The fourth-order valence-electron chi connectivity index (χ4n) is 2.58. The molecule has 0 fully saturated rings. The first kappa shape index (κ1) is 16.7. The summed E-state index contributed by atoms with van der Waals surface area (Å²) in [6, 6.07) is 13.1. The van der Waals surface area contributed by atoms with E-state index in [1.54, 1.807) is 30.3 Å². The molecule has 0 unspecified atom stereocenters. The molecule has 25 heavy (non-hydrogen) atoms. The Hall–Kier alpha value is -3.15. The van der Waals surface area contributed by atoms with Crippen molar-refractivity contribution in [2.75, 3.05) is 7.11 Å². The van der Waals surface area contributed by atoms with Crippen molar-refractivity contribution in [3.8, 4) is 11.4 Å². The second-order valence-corrected chi connectivity index (χ2v) is 5.81. The molecule has 0 bridgehead atoms. The average Bonchev–Trinajstić information content (AvgIpc) is 3.16. The zero-order chi connectivity index (χ0) is 17.8. The Labute approximate surface area is 146 Å². The van der Waals surface area contributed by atoms with E-state index in [0.717, 1.165) is 16.8 Å². The van der Waals surface area contributed by atoms with Gasteiger partial charge in [0.15, 0.2) is 0 Å². The van der Waals surface area contributed by atoms with Gasteiger partial charge in [0.05, 0.1) is 18.8 Å². The Bertz CT molecular complexity index is 858. The molecule has 6 nitrogen and oxygen atoms in total. The molecular weight excluding hydrogens is 316 g/mol. The van der Waals surface area contributed by atoms with E-state index in [1.165, 1.54) is 6.33 Å². The van der Waals surface area contributed by atoms with Crippen molar-refractivity contribution >= 4 is 5.91 Å². The third-order valence-electron chi connectivity index (χ3n) is 4.09. The molecule has 1 heterocycles. The predicted molar refractivity (Wildman–Crippen MR) is 95.0 cm³/mol. The maximum atomic E-state index is 12.5. The van der Waals surface area contributed by atoms with Gasteiger partial charge in [-0.15, -0.1) is 0 Å². The summed E-state index contributed by atoms with van der Waals surface area (Å²) in [5, 5.41) is 7.10. The van der Waals surface area contributed by atoms with Crippen LogP contribution in [0.3, 0.4) is 0 Å². The van der Waals surface area contributed by atoms with Gasteiger partial charge < -0.3 is 10.1 Å². The molecule has 0 aliphatic heterocycles. The quantitative estimate of drug-likeness (QED) is 0.777. The first-order valence-corrected chi connectivity index (χ1v) is 7.99. The molecule has 0 saturated heterocycles. The standard InChI is InChI=1S/C19H20N4O2/c1-13-4-5-16(10-18(13)25-3)19(24)22-14(2)15-6-8-17(9-7-15)23-12-20-11-21-23/h4-12,14H,1-3H3,(H,22,24)/t14-/m0/s1. The molecule has 3 rings (SSSR count). The number of aryl methyl sites for hydroxylation is 1. The maximum Gasteiger partial charge on any atom is 0.251 e. The highest BCUT2D eigenvalue weighted by Crippen LogP contribution is 2.20. The molecule has 0 radical (unpaired) electrons. The topological polar surface area (TPSA) is 69.0 Å². The van der Waals surface area contributed by atoms with Gasteiger partial charge in [0, 0.05) is 5.56 Å². The van der Waals surface area contributed by atoms with Crippen LogP contribution in [0, 0.1) is 6.92 Å². The van der Waals surface area contributed by atoms with Crippen molar-refractivity contribution in [3.05, 3.63) is 71.8 Å².